The third kappa shape index (κ3) is 4.96. The van der Waals surface area contributed by atoms with Gasteiger partial charge in [-0.15, -0.1) is 0 Å². The van der Waals surface area contributed by atoms with Gasteiger partial charge in [0, 0.05) is 31.4 Å². The highest BCUT2D eigenvalue weighted by molar-refractivity contribution is 5.47. The molecule has 25 heavy (non-hydrogen) atoms. The van der Waals surface area contributed by atoms with Gasteiger partial charge >= 0.3 is 0 Å². The molecular weight excluding hydrogens is 308 g/mol. The molecular formula is C22H32N2O. The third-order valence-electron chi connectivity index (χ3n) is 5.54. The summed E-state index contributed by atoms with van der Waals surface area (Å²) in [7, 11) is 0. The van der Waals surface area contributed by atoms with Crippen molar-refractivity contribution in [3.8, 4) is 0 Å². The van der Waals surface area contributed by atoms with Crippen molar-refractivity contribution in [2.24, 2.45) is 0 Å². The number of aliphatic hydroxyl groups is 1. The van der Waals surface area contributed by atoms with Crippen molar-refractivity contribution in [3.63, 3.8) is 0 Å². The largest absolute Gasteiger partial charge is 0.374 e. The molecule has 136 valence electrons. The zero-order chi connectivity index (χ0) is 17.5. The number of rotatable bonds is 7. The fourth-order valence-corrected chi connectivity index (χ4v) is 4.01. The van der Waals surface area contributed by atoms with E-state index in [0.717, 1.165) is 38.0 Å². The molecule has 1 aromatic carbocycles. The molecule has 1 saturated heterocycles. The second-order valence-electron chi connectivity index (χ2n) is 7.25. The van der Waals surface area contributed by atoms with E-state index >= 15 is 0 Å². The van der Waals surface area contributed by atoms with Gasteiger partial charge in [0.1, 0.15) is 6.23 Å². The first-order valence-electron chi connectivity index (χ1n) is 9.86. The van der Waals surface area contributed by atoms with E-state index in [1.807, 2.05) is 6.07 Å². The molecule has 0 bridgehead atoms. The lowest BCUT2D eigenvalue weighted by atomic mass is 9.99. The summed E-state index contributed by atoms with van der Waals surface area (Å²) in [6.07, 6.45) is 13.0. The van der Waals surface area contributed by atoms with Crippen molar-refractivity contribution < 1.29 is 5.11 Å². The Bertz CT molecular complexity index is 573. The van der Waals surface area contributed by atoms with Crippen LogP contribution in [0.5, 0.6) is 0 Å². The number of hydrogen-bond acceptors (Lipinski definition) is 3. The molecule has 1 N–H and O–H groups in total. The lowest BCUT2D eigenvalue weighted by molar-refractivity contribution is 0.130. The maximum Gasteiger partial charge on any atom is 0.126 e. The molecule has 1 fully saturated rings. The Kier molecular flexibility index (Phi) is 6.71. The number of hydrogen-bond donors (Lipinski definition) is 1. The molecule has 2 aliphatic rings. The van der Waals surface area contributed by atoms with Gasteiger partial charge in [0.15, 0.2) is 0 Å². The minimum Gasteiger partial charge on any atom is -0.374 e. The van der Waals surface area contributed by atoms with E-state index in [1.165, 1.54) is 25.8 Å². The van der Waals surface area contributed by atoms with E-state index in [1.54, 1.807) is 5.57 Å². The Hall–Kier alpha value is -1.58. The van der Waals surface area contributed by atoms with Crippen molar-refractivity contribution in [1.82, 2.24) is 4.90 Å². The summed E-state index contributed by atoms with van der Waals surface area (Å²) in [6, 6.07) is 10.8. The summed E-state index contributed by atoms with van der Waals surface area (Å²) in [4.78, 5) is 4.84. The van der Waals surface area contributed by atoms with Crippen LogP contribution < -0.4 is 4.90 Å². The second-order valence-corrected chi connectivity index (χ2v) is 7.25. The van der Waals surface area contributed by atoms with Crippen LogP contribution in [0.1, 0.15) is 45.4 Å². The summed E-state index contributed by atoms with van der Waals surface area (Å²) in [5, 5.41) is 10.6. The van der Waals surface area contributed by atoms with Gasteiger partial charge in [-0.25, -0.2) is 0 Å². The topological polar surface area (TPSA) is 26.7 Å². The number of piperidine rings is 1. The summed E-state index contributed by atoms with van der Waals surface area (Å²) < 4.78 is 0. The first kappa shape index (κ1) is 18.2. The molecule has 0 amide bonds. The highest BCUT2D eigenvalue weighted by atomic mass is 16.3. The monoisotopic (exact) mass is 340 g/mol. The molecule has 1 aromatic rings. The summed E-state index contributed by atoms with van der Waals surface area (Å²) >= 11 is 0. The molecule has 1 aliphatic heterocycles. The van der Waals surface area contributed by atoms with Gasteiger partial charge in [0.25, 0.3) is 0 Å². The molecule has 0 radical (unpaired) electrons. The number of nitrogens with zero attached hydrogens (tertiary/aromatic N) is 2. The number of para-hydroxylation sites is 1. The van der Waals surface area contributed by atoms with E-state index in [-0.39, 0.29) is 0 Å². The van der Waals surface area contributed by atoms with Gasteiger partial charge in [-0.1, -0.05) is 48.9 Å². The molecule has 3 nitrogen and oxygen atoms in total. The molecule has 1 atom stereocenters. The third-order valence-corrected chi connectivity index (χ3v) is 5.54. The number of likely N-dealkylation sites (tertiary alicyclic amines) is 1. The van der Waals surface area contributed by atoms with E-state index < -0.39 is 6.23 Å². The Morgan fingerprint density at radius 2 is 1.96 bits per heavy atom. The summed E-state index contributed by atoms with van der Waals surface area (Å²) in [6.45, 7) is 5.50. The van der Waals surface area contributed by atoms with Crippen LogP contribution in [-0.4, -0.2) is 41.9 Å². The van der Waals surface area contributed by atoms with Crippen molar-refractivity contribution in [1.29, 1.82) is 0 Å². The fourth-order valence-electron chi connectivity index (χ4n) is 4.01. The fraction of sp³-hybridized carbons (Fsp3) is 0.545. The maximum absolute atomic E-state index is 10.6. The molecule has 3 heteroatoms. The quantitative estimate of drug-likeness (QED) is 0.748. The molecule has 1 unspecified atom stereocenters. The molecule has 0 aromatic heterocycles. The number of benzene rings is 1. The van der Waals surface area contributed by atoms with Crippen molar-refractivity contribution in [3.05, 3.63) is 54.1 Å². The van der Waals surface area contributed by atoms with E-state index in [2.05, 4.69) is 59.2 Å². The SMILES string of the molecule is CCC(O)N(c1ccccc1)C1CCN(CCC2=CC=CCC2)CC1. The molecule has 0 saturated carbocycles. The Balaban J connectivity index is 1.54. The number of allylic oxidation sites excluding steroid dienone is 3. The van der Waals surface area contributed by atoms with E-state index in [0.29, 0.717) is 6.04 Å². The molecule has 0 spiro atoms. The van der Waals surface area contributed by atoms with E-state index in [4.69, 9.17) is 0 Å². The van der Waals surface area contributed by atoms with Crippen LogP contribution in [0, 0.1) is 0 Å². The Morgan fingerprint density at radius 1 is 1.20 bits per heavy atom. The normalized spacial score (nSPS) is 20.3. The average molecular weight is 341 g/mol. The van der Waals surface area contributed by atoms with Crippen LogP contribution in [0.25, 0.3) is 0 Å². The Morgan fingerprint density at radius 3 is 2.60 bits per heavy atom. The Labute approximate surface area is 152 Å². The summed E-state index contributed by atoms with van der Waals surface area (Å²) in [5.74, 6) is 0. The van der Waals surface area contributed by atoms with Crippen molar-refractivity contribution in [2.75, 3.05) is 24.5 Å². The first-order valence-corrected chi connectivity index (χ1v) is 9.86. The van der Waals surface area contributed by atoms with Gasteiger partial charge in [-0.05, 0) is 50.7 Å². The predicted octanol–water partition coefficient (Wildman–Crippen LogP) is 4.35. The van der Waals surface area contributed by atoms with Gasteiger partial charge in [-0.2, -0.15) is 0 Å². The summed E-state index contributed by atoms with van der Waals surface area (Å²) in [5.41, 5.74) is 2.74. The lowest BCUT2D eigenvalue weighted by Gasteiger charge is -2.42. The minimum atomic E-state index is -0.391. The highest BCUT2D eigenvalue weighted by Gasteiger charge is 2.28. The molecule has 3 rings (SSSR count). The van der Waals surface area contributed by atoms with Crippen LogP contribution in [0.4, 0.5) is 5.69 Å². The number of aliphatic hydroxyl groups excluding tert-OH is 1. The van der Waals surface area contributed by atoms with Gasteiger partial charge in [-0.3, -0.25) is 0 Å². The number of anilines is 1. The lowest BCUT2D eigenvalue weighted by Crippen LogP contribution is -2.49. The standard InChI is InChI=1S/C22H32N2O/c1-2-22(25)24(20-11-7-4-8-12-20)21-14-17-23(18-15-21)16-13-19-9-5-3-6-10-19/h3-5,7-9,11-12,21-22,25H,2,6,10,13-18H2,1H3. The highest BCUT2D eigenvalue weighted by Crippen LogP contribution is 2.27. The van der Waals surface area contributed by atoms with Crippen molar-refractivity contribution in [2.45, 2.75) is 57.7 Å². The van der Waals surface area contributed by atoms with Crippen LogP contribution in [0.3, 0.4) is 0 Å². The predicted molar refractivity (Wildman–Crippen MR) is 106 cm³/mol. The van der Waals surface area contributed by atoms with E-state index in [9.17, 15) is 5.11 Å². The van der Waals surface area contributed by atoms with Gasteiger partial charge in [0.2, 0.25) is 0 Å². The average Bonchev–Trinajstić information content (AvgIpc) is 2.69. The van der Waals surface area contributed by atoms with Crippen LogP contribution >= 0.6 is 0 Å². The minimum absolute atomic E-state index is 0.391. The molecule has 1 aliphatic carbocycles. The second kappa shape index (κ2) is 9.21. The zero-order valence-corrected chi connectivity index (χ0v) is 15.5. The molecule has 1 heterocycles. The van der Waals surface area contributed by atoms with Gasteiger partial charge in [0.05, 0.1) is 0 Å². The van der Waals surface area contributed by atoms with Crippen LogP contribution in [-0.2, 0) is 0 Å². The first-order chi connectivity index (χ1) is 12.3. The van der Waals surface area contributed by atoms with Crippen LogP contribution in [0.15, 0.2) is 54.1 Å². The van der Waals surface area contributed by atoms with Crippen LogP contribution in [0.2, 0.25) is 0 Å². The smallest absolute Gasteiger partial charge is 0.126 e. The van der Waals surface area contributed by atoms with Crippen molar-refractivity contribution >= 4 is 5.69 Å². The maximum atomic E-state index is 10.6. The zero-order valence-electron chi connectivity index (χ0n) is 15.5. The van der Waals surface area contributed by atoms with Gasteiger partial charge < -0.3 is 14.9 Å².